The number of likely N-dealkylation sites (tertiary alicyclic amines) is 1. The fraction of sp³-hybridized carbons (Fsp3) is 0.615. The molecule has 110 valence electrons. The van der Waals surface area contributed by atoms with E-state index < -0.39 is 0 Å². The fourth-order valence-electron chi connectivity index (χ4n) is 2.59. The molecule has 20 heavy (non-hydrogen) atoms. The van der Waals surface area contributed by atoms with Gasteiger partial charge in [-0.15, -0.1) is 0 Å². The van der Waals surface area contributed by atoms with Crippen LogP contribution in [-0.2, 0) is 0 Å². The Hall–Kier alpha value is -1.89. The Bertz CT molecular complexity index is 472. The van der Waals surface area contributed by atoms with Crippen LogP contribution in [0.4, 0.5) is 0 Å². The number of hydrogen-bond donors (Lipinski definition) is 1. The second kappa shape index (κ2) is 6.04. The van der Waals surface area contributed by atoms with Crippen LogP contribution >= 0.6 is 0 Å². The number of aromatic nitrogens is 2. The van der Waals surface area contributed by atoms with Crippen LogP contribution in [0.25, 0.3) is 0 Å². The molecule has 2 atom stereocenters. The van der Waals surface area contributed by atoms with E-state index in [4.69, 9.17) is 15.2 Å². The van der Waals surface area contributed by atoms with Crippen LogP contribution in [-0.4, -0.2) is 54.1 Å². The van der Waals surface area contributed by atoms with Gasteiger partial charge in [0.15, 0.2) is 5.56 Å². The molecule has 0 bridgehead atoms. The van der Waals surface area contributed by atoms with Crippen LogP contribution in [0.2, 0.25) is 0 Å². The molecule has 1 aliphatic heterocycles. The van der Waals surface area contributed by atoms with Crippen LogP contribution in [0.5, 0.6) is 11.8 Å². The van der Waals surface area contributed by atoms with Gasteiger partial charge in [0, 0.05) is 12.6 Å². The van der Waals surface area contributed by atoms with Gasteiger partial charge in [0.1, 0.15) is 6.33 Å². The lowest BCUT2D eigenvalue weighted by atomic mass is 10.1. The Kier molecular flexibility index (Phi) is 4.39. The molecule has 2 N–H and O–H groups in total. The maximum Gasteiger partial charge on any atom is 0.265 e. The third-order valence-electron chi connectivity index (χ3n) is 3.63. The topological polar surface area (TPSA) is 90.6 Å². The van der Waals surface area contributed by atoms with E-state index in [1.165, 1.54) is 20.5 Å². The molecule has 1 aliphatic rings. The Balaban J connectivity index is 2.34. The first-order valence-corrected chi connectivity index (χ1v) is 6.56. The SMILES string of the molecule is COc1ncnc(OC)c1C(=O)N1CC(CN)CC1C. The molecule has 0 aromatic carbocycles. The minimum Gasteiger partial charge on any atom is -0.480 e. The molecular weight excluding hydrogens is 260 g/mol. The van der Waals surface area contributed by atoms with E-state index >= 15 is 0 Å². The molecule has 2 rings (SSSR count). The first-order chi connectivity index (χ1) is 9.62. The molecule has 7 nitrogen and oxygen atoms in total. The molecule has 1 aromatic heterocycles. The summed E-state index contributed by atoms with van der Waals surface area (Å²) in [5.41, 5.74) is 5.96. The summed E-state index contributed by atoms with van der Waals surface area (Å²) in [5.74, 6) is 0.605. The van der Waals surface area contributed by atoms with E-state index in [2.05, 4.69) is 9.97 Å². The molecular formula is C13H20N4O3. The Morgan fingerprint density at radius 1 is 1.40 bits per heavy atom. The van der Waals surface area contributed by atoms with E-state index in [-0.39, 0.29) is 29.3 Å². The predicted octanol–water partition coefficient (Wildman–Crippen LogP) is 0.303. The molecule has 2 heterocycles. The lowest BCUT2D eigenvalue weighted by molar-refractivity contribution is 0.0734. The highest BCUT2D eigenvalue weighted by Crippen LogP contribution is 2.30. The summed E-state index contributed by atoms with van der Waals surface area (Å²) in [6, 6.07) is 0.130. The van der Waals surface area contributed by atoms with Gasteiger partial charge >= 0.3 is 0 Å². The highest BCUT2D eigenvalue weighted by molar-refractivity contribution is 5.98. The monoisotopic (exact) mass is 280 g/mol. The van der Waals surface area contributed by atoms with Crippen molar-refractivity contribution in [3.8, 4) is 11.8 Å². The van der Waals surface area contributed by atoms with E-state index in [9.17, 15) is 4.79 Å². The first-order valence-electron chi connectivity index (χ1n) is 6.56. The van der Waals surface area contributed by atoms with E-state index in [0.29, 0.717) is 19.0 Å². The summed E-state index contributed by atoms with van der Waals surface area (Å²) in [4.78, 5) is 22.5. The smallest absolute Gasteiger partial charge is 0.265 e. The number of amides is 1. The molecule has 1 amide bonds. The Labute approximate surface area is 118 Å². The van der Waals surface area contributed by atoms with Crippen molar-refractivity contribution in [3.05, 3.63) is 11.9 Å². The normalized spacial score (nSPS) is 21.9. The predicted molar refractivity (Wildman–Crippen MR) is 72.8 cm³/mol. The molecule has 1 saturated heterocycles. The van der Waals surface area contributed by atoms with Crippen molar-refractivity contribution in [1.29, 1.82) is 0 Å². The fourth-order valence-corrected chi connectivity index (χ4v) is 2.59. The highest BCUT2D eigenvalue weighted by Gasteiger charge is 2.35. The Morgan fingerprint density at radius 2 is 2.00 bits per heavy atom. The number of rotatable bonds is 4. The van der Waals surface area contributed by atoms with Crippen molar-refractivity contribution in [2.24, 2.45) is 11.7 Å². The molecule has 7 heteroatoms. The van der Waals surface area contributed by atoms with Gasteiger partial charge in [0.05, 0.1) is 14.2 Å². The summed E-state index contributed by atoms with van der Waals surface area (Å²) in [6.45, 7) is 3.22. The third-order valence-corrected chi connectivity index (χ3v) is 3.63. The zero-order chi connectivity index (χ0) is 14.7. The summed E-state index contributed by atoms with van der Waals surface area (Å²) in [6.07, 6.45) is 2.21. The molecule has 1 aromatic rings. The van der Waals surface area contributed by atoms with Gasteiger partial charge in [0.25, 0.3) is 5.91 Å². The summed E-state index contributed by atoms with van der Waals surface area (Å²) < 4.78 is 10.3. The van der Waals surface area contributed by atoms with Gasteiger partial charge in [-0.2, -0.15) is 0 Å². The number of ether oxygens (including phenoxy) is 2. The molecule has 0 radical (unpaired) electrons. The number of carbonyl (C=O) groups is 1. The lowest BCUT2D eigenvalue weighted by Crippen LogP contribution is -2.35. The number of methoxy groups -OCH3 is 2. The lowest BCUT2D eigenvalue weighted by Gasteiger charge is -2.22. The molecule has 0 spiro atoms. The third kappa shape index (κ3) is 2.53. The summed E-state index contributed by atoms with van der Waals surface area (Å²) in [5, 5.41) is 0. The standard InChI is InChI=1S/C13H20N4O3/c1-8-4-9(5-14)6-17(8)13(18)10-11(19-2)15-7-16-12(10)20-3/h7-9H,4-6,14H2,1-3H3. The van der Waals surface area contributed by atoms with Gasteiger partial charge in [-0.25, -0.2) is 9.97 Å². The zero-order valence-electron chi connectivity index (χ0n) is 12.0. The second-order valence-corrected chi connectivity index (χ2v) is 4.91. The Morgan fingerprint density at radius 3 is 2.45 bits per heavy atom. The van der Waals surface area contributed by atoms with E-state index in [1.807, 2.05) is 6.92 Å². The van der Waals surface area contributed by atoms with Gasteiger partial charge in [-0.1, -0.05) is 0 Å². The van der Waals surface area contributed by atoms with Crippen molar-refractivity contribution in [2.45, 2.75) is 19.4 Å². The quantitative estimate of drug-likeness (QED) is 0.853. The van der Waals surface area contributed by atoms with Gasteiger partial charge in [-0.05, 0) is 25.8 Å². The van der Waals surface area contributed by atoms with Crippen molar-refractivity contribution < 1.29 is 14.3 Å². The average Bonchev–Trinajstić information content (AvgIpc) is 2.86. The largest absolute Gasteiger partial charge is 0.480 e. The summed E-state index contributed by atoms with van der Waals surface area (Å²) >= 11 is 0. The van der Waals surface area contributed by atoms with E-state index in [0.717, 1.165) is 6.42 Å². The second-order valence-electron chi connectivity index (χ2n) is 4.91. The minimum absolute atomic E-state index is 0.130. The maximum absolute atomic E-state index is 12.7. The molecule has 0 saturated carbocycles. The average molecular weight is 280 g/mol. The van der Waals surface area contributed by atoms with Crippen LogP contribution in [0.3, 0.4) is 0 Å². The van der Waals surface area contributed by atoms with Gasteiger partial charge in [-0.3, -0.25) is 4.79 Å². The van der Waals surface area contributed by atoms with Crippen molar-refractivity contribution in [1.82, 2.24) is 14.9 Å². The molecule has 1 fully saturated rings. The van der Waals surface area contributed by atoms with Crippen molar-refractivity contribution in [2.75, 3.05) is 27.3 Å². The van der Waals surface area contributed by atoms with Crippen LogP contribution in [0.15, 0.2) is 6.33 Å². The zero-order valence-corrected chi connectivity index (χ0v) is 12.0. The molecule has 2 unspecified atom stereocenters. The van der Waals surface area contributed by atoms with Crippen molar-refractivity contribution in [3.63, 3.8) is 0 Å². The van der Waals surface area contributed by atoms with Gasteiger partial charge in [0.2, 0.25) is 11.8 Å². The molecule has 0 aliphatic carbocycles. The van der Waals surface area contributed by atoms with Crippen LogP contribution in [0.1, 0.15) is 23.7 Å². The number of carbonyl (C=O) groups excluding carboxylic acids is 1. The summed E-state index contributed by atoms with van der Waals surface area (Å²) in [7, 11) is 2.93. The highest BCUT2D eigenvalue weighted by atomic mass is 16.5. The van der Waals surface area contributed by atoms with Crippen LogP contribution < -0.4 is 15.2 Å². The van der Waals surface area contributed by atoms with Gasteiger partial charge < -0.3 is 20.1 Å². The van der Waals surface area contributed by atoms with Crippen LogP contribution in [0, 0.1) is 5.92 Å². The van der Waals surface area contributed by atoms with E-state index in [1.54, 1.807) is 4.90 Å². The maximum atomic E-state index is 12.7. The van der Waals surface area contributed by atoms with Crippen molar-refractivity contribution >= 4 is 5.91 Å². The number of hydrogen-bond acceptors (Lipinski definition) is 6. The number of nitrogens with two attached hydrogens (primary N) is 1. The minimum atomic E-state index is -0.178. The number of nitrogens with zero attached hydrogens (tertiary/aromatic N) is 3. The first kappa shape index (κ1) is 14.5.